The third kappa shape index (κ3) is 4.37. The van der Waals surface area contributed by atoms with Crippen molar-refractivity contribution in [2.45, 2.75) is 13.8 Å². The second-order valence-corrected chi connectivity index (χ2v) is 5.09. The fourth-order valence-electron chi connectivity index (χ4n) is 1.35. The summed E-state index contributed by atoms with van der Waals surface area (Å²) in [6, 6.07) is 3.01. The number of primary amides is 1. The number of carboxylic acid groups (broad SMARTS) is 1. The molecule has 0 aliphatic rings. The van der Waals surface area contributed by atoms with Crippen molar-refractivity contribution in [1.82, 2.24) is 5.32 Å². The highest BCUT2D eigenvalue weighted by molar-refractivity contribution is 5.95. The van der Waals surface area contributed by atoms with E-state index >= 15 is 0 Å². The molecule has 1 aromatic rings. The van der Waals surface area contributed by atoms with Crippen molar-refractivity contribution < 1.29 is 24.6 Å². The predicted octanol–water partition coefficient (Wildman–Crippen LogP) is 0.723. The van der Waals surface area contributed by atoms with E-state index in [1.165, 1.54) is 6.07 Å². The number of hydrogen-bond donors (Lipinski definition) is 5. The van der Waals surface area contributed by atoms with Gasteiger partial charge in [-0.25, -0.2) is 9.59 Å². The number of carboxylic acids is 1. The third-order valence-electron chi connectivity index (χ3n) is 2.84. The van der Waals surface area contributed by atoms with E-state index in [1.54, 1.807) is 13.8 Å². The van der Waals surface area contributed by atoms with Gasteiger partial charge in [0.1, 0.15) is 11.3 Å². The lowest BCUT2D eigenvalue weighted by Gasteiger charge is -2.20. The Morgan fingerprint density at radius 1 is 1.29 bits per heavy atom. The molecule has 1 rings (SSSR count). The van der Waals surface area contributed by atoms with Crippen molar-refractivity contribution in [3.8, 4) is 5.75 Å². The summed E-state index contributed by atoms with van der Waals surface area (Å²) in [6.07, 6.45) is 0. The standard InChI is InChI=1S/C13H17N3O5/c1-13(2,11(14)20)6-15-12(21)16-7-3-4-9(17)8(5-7)10(18)19/h3-5,17H,6H2,1-2H3,(H2,14,20)(H,18,19)(H2,15,16,21). The number of aromatic hydroxyl groups is 1. The molecule has 8 heteroatoms. The van der Waals surface area contributed by atoms with Crippen LogP contribution in [0.15, 0.2) is 18.2 Å². The topological polar surface area (TPSA) is 142 Å². The van der Waals surface area contributed by atoms with Gasteiger partial charge in [-0.2, -0.15) is 0 Å². The van der Waals surface area contributed by atoms with Crippen LogP contribution in [0.3, 0.4) is 0 Å². The van der Waals surface area contributed by atoms with Gasteiger partial charge < -0.3 is 26.6 Å². The fourth-order valence-corrected chi connectivity index (χ4v) is 1.35. The maximum absolute atomic E-state index is 11.7. The average molecular weight is 295 g/mol. The van der Waals surface area contributed by atoms with Crippen LogP contribution in [-0.2, 0) is 4.79 Å². The monoisotopic (exact) mass is 295 g/mol. The normalized spacial score (nSPS) is 10.8. The highest BCUT2D eigenvalue weighted by Gasteiger charge is 2.25. The second kappa shape index (κ2) is 6.12. The van der Waals surface area contributed by atoms with E-state index in [2.05, 4.69) is 10.6 Å². The lowest BCUT2D eigenvalue weighted by atomic mass is 9.93. The number of hydrogen-bond acceptors (Lipinski definition) is 4. The number of aromatic carboxylic acids is 1. The van der Waals surface area contributed by atoms with Crippen molar-refractivity contribution in [2.24, 2.45) is 11.1 Å². The zero-order chi connectivity index (χ0) is 16.2. The Morgan fingerprint density at radius 2 is 1.90 bits per heavy atom. The summed E-state index contributed by atoms with van der Waals surface area (Å²) in [5.41, 5.74) is 4.14. The van der Waals surface area contributed by atoms with Crippen molar-refractivity contribution >= 4 is 23.6 Å². The molecule has 0 heterocycles. The number of carbonyl (C=O) groups excluding carboxylic acids is 2. The average Bonchev–Trinajstić information content (AvgIpc) is 2.38. The molecule has 0 saturated carbocycles. The van der Waals surface area contributed by atoms with E-state index in [4.69, 9.17) is 10.8 Å². The molecule has 0 radical (unpaired) electrons. The highest BCUT2D eigenvalue weighted by Crippen LogP contribution is 2.21. The number of phenols is 1. The Labute approximate surface area is 120 Å². The summed E-state index contributed by atoms with van der Waals surface area (Å²) in [5, 5.41) is 23.1. The molecule has 0 bridgehead atoms. The van der Waals surface area contributed by atoms with E-state index in [9.17, 15) is 19.5 Å². The van der Waals surface area contributed by atoms with Crippen LogP contribution in [0.5, 0.6) is 5.75 Å². The zero-order valence-electron chi connectivity index (χ0n) is 11.6. The van der Waals surface area contributed by atoms with Crippen LogP contribution in [0.2, 0.25) is 0 Å². The summed E-state index contributed by atoms with van der Waals surface area (Å²) >= 11 is 0. The Morgan fingerprint density at radius 3 is 2.43 bits per heavy atom. The van der Waals surface area contributed by atoms with Crippen molar-refractivity contribution in [2.75, 3.05) is 11.9 Å². The van der Waals surface area contributed by atoms with E-state index in [0.29, 0.717) is 0 Å². The van der Waals surface area contributed by atoms with Crippen LogP contribution in [-0.4, -0.2) is 34.7 Å². The molecule has 0 fully saturated rings. The van der Waals surface area contributed by atoms with Crippen LogP contribution in [0.25, 0.3) is 0 Å². The van der Waals surface area contributed by atoms with Crippen molar-refractivity contribution in [3.63, 3.8) is 0 Å². The van der Waals surface area contributed by atoms with E-state index in [1.807, 2.05) is 0 Å². The lowest BCUT2D eigenvalue weighted by Crippen LogP contribution is -2.43. The molecule has 0 saturated heterocycles. The number of nitrogens with one attached hydrogen (secondary N) is 2. The van der Waals surface area contributed by atoms with Crippen molar-refractivity contribution in [3.05, 3.63) is 23.8 Å². The number of amides is 3. The third-order valence-corrected chi connectivity index (χ3v) is 2.84. The first-order chi connectivity index (χ1) is 9.63. The number of benzene rings is 1. The molecule has 0 aromatic heterocycles. The predicted molar refractivity (Wildman–Crippen MR) is 75.1 cm³/mol. The van der Waals surface area contributed by atoms with Crippen LogP contribution in [0.1, 0.15) is 24.2 Å². The molecule has 21 heavy (non-hydrogen) atoms. The van der Waals surface area contributed by atoms with Crippen molar-refractivity contribution in [1.29, 1.82) is 0 Å². The molecular weight excluding hydrogens is 278 g/mol. The minimum Gasteiger partial charge on any atom is -0.507 e. The Kier molecular flexibility index (Phi) is 4.75. The molecule has 0 aliphatic heterocycles. The summed E-state index contributed by atoms with van der Waals surface area (Å²) in [6.45, 7) is 3.19. The Bertz CT molecular complexity index is 583. The summed E-state index contributed by atoms with van der Waals surface area (Å²) in [7, 11) is 0. The summed E-state index contributed by atoms with van der Waals surface area (Å²) in [4.78, 5) is 33.6. The first-order valence-electron chi connectivity index (χ1n) is 6.04. The van der Waals surface area contributed by atoms with Gasteiger partial charge >= 0.3 is 12.0 Å². The largest absolute Gasteiger partial charge is 0.507 e. The molecule has 8 nitrogen and oxygen atoms in total. The van der Waals surface area contributed by atoms with Gasteiger partial charge in [0.2, 0.25) is 5.91 Å². The summed E-state index contributed by atoms with van der Waals surface area (Å²) in [5.74, 6) is -2.27. The van der Waals surface area contributed by atoms with Crippen LogP contribution >= 0.6 is 0 Å². The second-order valence-electron chi connectivity index (χ2n) is 5.09. The lowest BCUT2D eigenvalue weighted by molar-refractivity contribution is -0.125. The molecule has 0 spiro atoms. The van der Waals surface area contributed by atoms with Gasteiger partial charge in [0.05, 0.1) is 5.41 Å². The minimum absolute atomic E-state index is 0.0258. The maximum Gasteiger partial charge on any atom is 0.339 e. The molecule has 0 atom stereocenters. The van der Waals surface area contributed by atoms with E-state index in [0.717, 1.165) is 12.1 Å². The molecule has 3 amide bonds. The van der Waals surface area contributed by atoms with Gasteiger partial charge in [-0.05, 0) is 32.0 Å². The van der Waals surface area contributed by atoms with Gasteiger partial charge in [0.25, 0.3) is 0 Å². The van der Waals surface area contributed by atoms with E-state index in [-0.39, 0.29) is 17.8 Å². The zero-order valence-corrected chi connectivity index (χ0v) is 11.6. The first-order valence-corrected chi connectivity index (χ1v) is 6.04. The van der Waals surface area contributed by atoms with Crippen LogP contribution < -0.4 is 16.4 Å². The van der Waals surface area contributed by atoms with Gasteiger partial charge in [-0.15, -0.1) is 0 Å². The molecular formula is C13H17N3O5. The maximum atomic E-state index is 11.7. The Balaban J connectivity index is 2.70. The SMILES string of the molecule is CC(C)(CNC(=O)Nc1ccc(O)c(C(=O)O)c1)C(N)=O. The van der Waals surface area contributed by atoms with Crippen LogP contribution in [0.4, 0.5) is 10.5 Å². The first kappa shape index (κ1) is 16.3. The number of urea groups is 1. The quantitative estimate of drug-likeness (QED) is 0.509. The van der Waals surface area contributed by atoms with Gasteiger partial charge in [-0.1, -0.05) is 0 Å². The number of rotatable bonds is 5. The smallest absolute Gasteiger partial charge is 0.339 e. The number of anilines is 1. The Hall–Kier alpha value is -2.77. The number of carbonyl (C=O) groups is 3. The van der Waals surface area contributed by atoms with Gasteiger partial charge in [0.15, 0.2) is 0 Å². The minimum atomic E-state index is -1.31. The number of nitrogens with two attached hydrogens (primary N) is 1. The van der Waals surface area contributed by atoms with Gasteiger partial charge in [0, 0.05) is 12.2 Å². The molecule has 114 valence electrons. The van der Waals surface area contributed by atoms with Crippen LogP contribution in [0, 0.1) is 5.41 Å². The van der Waals surface area contributed by atoms with E-state index < -0.39 is 29.1 Å². The van der Waals surface area contributed by atoms with Gasteiger partial charge in [-0.3, -0.25) is 4.79 Å². The summed E-state index contributed by atoms with van der Waals surface area (Å²) < 4.78 is 0. The molecule has 0 unspecified atom stereocenters. The fraction of sp³-hybridized carbons (Fsp3) is 0.308. The molecule has 1 aromatic carbocycles. The molecule has 0 aliphatic carbocycles. The highest BCUT2D eigenvalue weighted by atomic mass is 16.4. The molecule has 6 N–H and O–H groups in total.